The van der Waals surface area contributed by atoms with Crippen molar-refractivity contribution in [3.63, 3.8) is 0 Å². The molecule has 0 saturated carbocycles. The number of benzene rings is 2. The average Bonchev–Trinajstić information content (AvgIpc) is 3.13. The number of nitrogens with one attached hydrogen (secondary N) is 1. The van der Waals surface area contributed by atoms with Crippen LogP contribution in [0.3, 0.4) is 0 Å². The first-order chi connectivity index (χ1) is 11.2. The summed E-state index contributed by atoms with van der Waals surface area (Å²) < 4.78 is 2.10. The number of para-hydroxylation sites is 1. The smallest absolute Gasteiger partial charge is 0.155 e. The topological polar surface area (TPSA) is 33.6 Å². The van der Waals surface area contributed by atoms with Gasteiger partial charge in [0.1, 0.15) is 0 Å². The highest BCUT2D eigenvalue weighted by Crippen LogP contribution is 2.33. The van der Waals surface area contributed by atoms with Crippen molar-refractivity contribution in [2.24, 2.45) is 0 Å². The molecule has 0 atom stereocenters. The molecule has 0 bridgehead atoms. The van der Waals surface area contributed by atoms with Crippen molar-refractivity contribution in [1.29, 1.82) is 0 Å². The summed E-state index contributed by atoms with van der Waals surface area (Å²) in [6.07, 6.45) is 3.80. The summed E-state index contributed by atoms with van der Waals surface area (Å²) in [4.78, 5) is 7.61. The Bertz CT molecular complexity index is 964. The van der Waals surface area contributed by atoms with Gasteiger partial charge in [0, 0.05) is 29.2 Å². The number of halogens is 1. The lowest BCUT2D eigenvalue weighted by atomic mass is 10.1. The Kier molecular flexibility index (Phi) is 3.43. The van der Waals surface area contributed by atoms with Gasteiger partial charge in [-0.2, -0.15) is 0 Å². The third-order valence-electron chi connectivity index (χ3n) is 4.11. The van der Waals surface area contributed by atoms with E-state index in [1.807, 2.05) is 18.3 Å². The van der Waals surface area contributed by atoms with Crippen molar-refractivity contribution < 1.29 is 0 Å². The zero-order chi connectivity index (χ0) is 15.8. The third-order valence-corrected chi connectivity index (χ3v) is 4.39. The van der Waals surface area contributed by atoms with Gasteiger partial charge >= 0.3 is 0 Å². The lowest BCUT2D eigenvalue weighted by molar-refractivity contribution is 0.805. The first kappa shape index (κ1) is 14.1. The van der Waals surface area contributed by atoms with Gasteiger partial charge in [-0.3, -0.25) is 0 Å². The van der Waals surface area contributed by atoms with Crippen molar-refractivity contribution >= 4 is 22.5 Å². The second kappa shape index (κ2) is 5.60. The molecule has 23 heavy (non-hydrogen) atoms. The Morgan fingerprint density at radius 1 is 1.09 bits per heavy atom. The van der Waals surface area contributed by atoms with E-state index in [1.54, 1.807) is 6.33 Å². The molecule has 1 N–H and O–H groups in total. The van der Waals surface area contributed by atoms with E-state index < -0.39 is 0 Å². The van der Waals surface area contributed by atoms with Crippen molar-refractivity contribution in [3.8, 4) is 11.3 Å². The summed E-state index contributed by atoms with van der Waals surface area (Å²) >= 11 is 6.38. The maximum atomic E-state index is 6.38. The molecule has 3 nitrogen and oxygen atoms in total. The van der Waals surface area contributed by atoms with E-state index in [9.17, 15) is 0 Å². The van der Waals surface area contributed by atoms with Gasteiger partial charge in [-0.05, 0) is 18.6 Å². The van der Waals surface area contributed by atoms with E-state index in [0.717, 1.165) is 28.7 Å². The average molecular weight is 322 g/mol. The number of aryl methyl sites for hydroxylation is 1. The molecule has 4 aromatic rings. The number of rotatable bonds is 3. The van der Waals surface area contributed by atoms with Crippen LogP contribution in [0.25, 0.3) is 22.2 Å². The van der Waals surface area contributed by atoms with Crippen LogP contribution in [-0.2, 0) is 6.54 Å². The molecule has 2 aromatic heterocycles. The zero-order valence-electron chi connectivity index (χ0n) is 12.8. The van der Waals surface area contributed by atoms with Gasteiger partial charge in [-0.15, -0.1) is 0 Å². The minimum Gasteiger partial charge on any atom is -0.360 e. The minimum atomic E-state index is 0.530. The second-order valence-corrected chi connectivity index (χ2v) is 6.10. The van der Waals surface area contributed by atoms with Crippen LogP contribution in [0.1, 0.15) is 11.1 Å². The van der Waals surface area contributed by atoms with Gasteiger partial charge in [-0.1, -0.05) is 59.6 Å². The van der Waals surface area contributed by atoms with Crippen LogP contribution < -0.4 is 0 Å². The maximum Gasteiger partial charge on any atom is 0.155 e. The molecule has 0 spiro atoms. The number of hydrogen-bond donors (Lipinski definition) is 1. The normalized spacial score (nSPS) is 11.2. The molecule has 0 saturated heterocycles. The molecule has 0 unspecified atom stereocenters. The van der Waals surface area contributed by atoms with Crippen LogP contribution in [0.2, 0.25) is 5.15 Å². The summed E-state index contributed by atoms with van der Waals surface area (Å²) in [5.41, 5.74) is 5.61. The standard InChI is InChI=1S/C19H16ClN3/c1-13-6-8-14(9-7-13)11-23-12-22-19(20)18(23)16-10-21-17-5-3-2-4-15(16)17/h2-10,12,21H,11H2,1H3. The molecule has 0 aliphatic rings. The van der Waals surface area contributed by atoms with Gasteiger partial charge in [0.05, 0.1) is 12.0 Å². The molecule has 0 aliphatic carbocycles. The van der Waals surface area contributed by atoms with E-state index in [1.165, 1.54) is 11.1 Å². The van der Waals surface area contributed by atoms with E-state index >= 15 is 0 Å². The van der Waals surface area contributed by atoms with Gasteiger partial charge in [-0.25, -0.2) is 4.98 Å². The molecule has 2 aromatic carbocycles. The summed E-state index contributed by atoms with van der Waals surface area (Å²) in [6, 6.07) is 16.7. The number of nitrogens with zero attached hydrogens (tertiary/aromatic N) is 2. The molecule has 2 heterocycles. The van der Waals surface area contributed by atoms with Crippen molar-refractivity contribution in [2.45, 2.75) is 13.5 Å². The monoisotopic (exact) mass is 321 g/mol. The number of imidazole rings is 1. The van der Waals surface area contributed by atoms with Crippen LogP contribution in [0.15, 0.2) is 61.1 Å². The van der Waals surface area contributed by atoms with E-state index in [2.05, 4.69) is 57.9 Å². The summed E-state index contributed by atoms with van der Waals surface area (Å²) in [6.45, 7) is 2.84. The van der Waals surface area contributed by atoms with Crippen molar-refractivity contribution in [2.75, 3.05) is 0 Å². The number of H-pyrrole nitrogens is 1. The summed E-state index contributed by atoms with van der Waals surface area (Å²) in [7, 11) is 0. The van der Waals surface area contributed by atoms with Crippen LogP contribution in [0.4, 0.5) is 0 Å². The van der Waals surface area contributed by atoms with E-state index in [0.29, 0.717) is 5.15 Å². The van der Waals surface area contributed by atoms with E-state index in [4.69, 9.17) is 11.6 Å². The fourth-order valence-corrected chi connectivity index (χ4v) is 3.16. The highest BCUT2D eigenvalue weighted by atomic mass is 35.5. The first-order valence-electron chi connectivity index (χ1n) is 7.55. The predicted octanol–water partition coefficient (Wildman–Crippen LogP) is 5.04. The Morgan fingerprint density at radius 3 is 2.70 bits per heavy atom. The van der Waals surface area contributed by atoms with Crippen molar-refractivity contribution in [1.82, 2.24) is 14.5 Å². The highest BCUT2D eigenvalue weighted by molar-refractivity contribution is 6.32. The maximum absolute atomic E-state index is 6.38. The van der Waals surface area contributed by atoms with E-state index in [-0.39, 0.29) is 0 Å². The van der Waals surface area contributed by atoms with Gasteiger partial charge in [0.15, 0.2) is 5.15 Å². The molecule has 114 valence electrons. The molecule has 0 fully saturated rings. The first-order valence-corrected chi connectivity index (χ1v) is 7.93. The quantitative estimate of drug-likeness (QED) is 0.563. The molecular formula is C19H16ClN3. The van der Waals surface area contributed by atoms with Crippen LogP contribution in [0.5, 0.6) is 0 Å². The van der Waals surface area contributed by atoms with Gasteiger partial charge < -0.3 is 9.55 Å². The Morgan fingerprint density at radius 2 is 1.87 bits per heavy atom. The molecule has 4 heteroatoms. The van der Waals surface area contributed by atoms with Crippen LogP contribution in [-0.4, -0.2) is 14.5 Å². The van der Waals surface area contributed by atoms with Gasteiger partial charge in [0.2, 0.25) is 0 Å². The number of aromatic amines is 1. The molecular weight excluding hydrogens is 306 g/mol. The number of hydrogen-bond acceptors (Lipinski definition) is 1. The lowest BCUT2D eigenvalue weighted by Gasteiger charge is -2.09. The largest absolute Gasteiger partial charge is 0.360 e. The third kappa shape index (κ3) is 2.53. The Labute approximate surface area is 139 Å². The van der Waals surface area contributed by atoms with Crippen LogP contribution >= 0.6 is 11.6 Å². The van der Waals surface area contributed by atoms with Gasteiger partial charge in [0.25, 0.3) is 0 Å². The fourth-order valence-electron chi connectivity index (χ4n) is 2.90. The lowest BCUT2D eigenvalue weighted by Crippen LogP contribution is -2.00. The van der Waals surface area contributed by atoms with Crippen molar-refractivity contribution in [3.05, 3.63) is 77.3 Å². The fraction of sp³-hybridized carbons (Fsp3) is 0.105. The molecule has 0 amide bonds. The molecule has 4 rings (SSSR count). The Hall–Kier alpha value is -2.52. The zero-order valence-corrected chi connectivity index (χ0v) is 13.5. The molecule has 0 aliphatic heterocycles. The SMILES string of the molecule is Cc1ccc(Cn2cnc(Cl)c2-c2c[nH]c3ccccc23)cc1. The Balaban J connectivity index is 1.80. The number of fused-ring (bicyclic) bond motifs is 1. The highest BCUT2D eigenvalue weighted by Gasteiger charge is 2.15. The summed E-state index contributed by atoms with van der Waals surface area (Å²) in [5.74, 6) is 0. The number of aromatic nitrogens is 3. The summed E-state index contributed by atoms with van der Waals surface area (Å²) in [5, 5.41) is 1.68. The second-order valence-electron chi connectivity index (χ2n) is 5.75. The predicted molar refractivity (Wildman–Crippen MR) is 94.8 cm³/mol. The minimum absolute atomic E-state index is 0.530. The van der Waals surface area contributed by atoms with Crippen LogP contribution in [0, 0.1) is 6.92 Å². The molecule has 0 radical (unpaired) electrons.